The van der Waals surface area contributed by atoms with Gasteiger partial charge in [-0.3, -0.25) is 9.78 Å². The molecule has 3 aromatic carbocycles. The number of halogens is 1. The summed E-state index contributed by atoms with van der Waals surface area (Å²) in [5.74, 6) is 0.787. The van der Waals surface area contributed by atoms with Crippen molar-refractivity contribution in [3.8, 4) is 11.3 Å². The molecule has 0 aliphatic carbocycles. The van der Waals surface area contributed by atoms with E-state index in [0.29, 0.717) is 17.0 Å². The summed E-state index contributed by atoms with van der Waals surface area (Å²) in [6, 6.07) is 16.9. The predicted molar refractivity (Wildman–Crippen MR) is 169 cm³/mol. The van der Waals surface area contributed by atoms with Gasteiger partial charge in [-0.2, -0.15) is 0 Å². The molecule has 4 nitrogen and oxygen atoms in total. The summed E-state index contributed by atoms with van der Waals surface area (Å²) in [4.78, 5) is 21.4. The Bertz CT molecular complexity index is 1570. The number of aryl methyl sites for hydroxylation is 3. The van der Waals surface area contributed by atoms with E-state index in [9.17, 15) is 14.3 Å². The summed E-state index contributed by atoms with van der Waals surface area (Å²) in [7, 11) is 0. The molecular weight excluding hydrogens is 704 g/mol. The molecule has 0 saturated heterocycles. The Kier molecular flexibility index (Phi) is 12.2. The smallest absolute Gasteiger partial charge is 0.164 e. The quantitative estimate of drug-likeness (QED) is 0.0844. The Labute approximate surface area is 264 Å². The van der Waals surface area contributed by atoms with E-state index in [1.165, 1.54) is 6.08 Å². The van der Waals surface area contributed by atoms with Crippen LogP contribution in [0.3, 0.4) is 0 Å². The van der Waals surface area contributed by atoms with Crippen molar-refractivity contribution in [2.24, 2.45) is 10.8 Å². The molecule has 0 saturated carbocycles. The number of ketones is 1. The molecule has 4 rings (SSSR count). The van der Waals surface area contributed by atoms with Gasteiger partial charge in [-0.15, -0.1) is 35.9 Å². The minimum Gasteiger partial charge on any atom is -0.512 e. The molecule has 42 heavy (non-hydrogen) atoms. The normalized spacial score (nSPS) is 12.1. The van der Waals surface area contributed by atoms with Gasteiger partial charge in [-0.1, -0.05) is 53.7 Å². The third-order valence-electron chi connectivity index (χ3n) is 9.00. The molecule has 227 valence electrons. The van der Waals surface area contributed by atoms with Crippen LogP contribution in [0, 0.1) is 43.5 Å². The van der Waals surface area contributed by atoms with Crippen LogP contribution in [-0.2, 0) is 24.9 Å². The molecule has 0 amide bonds. The van der Waals surface area contributed by atoms with Gasteiger partial charge in [0.05, 0.1) is 5.52 Å². The van der Waals surface area contributed by atoms with Crippen molar-refractivity contribution in [2.75, 3.05) is 0 Å². The van der Waals surface area contributed by atoms with Crippen molar-refractivity contribution >= 4 is 27.5 Å². The molecule has 6 heteroatoms. The molecule has 0 spiro atoms. The molecule has 1 heterocycles. The summed E-state index contributed by atoms with van der Waals surface area (Å²) in [6.45, 7) is 17.6. The average Bonchev–Trinajstić information content (AvgIpc) is 2.98. The van der Waals surface area contributed by atoms with Crippen molar-refractivity contribution in [1.29, 1.82) is 0 Å². The van der Waals surface area contributed by atoms with Crippen LogP contribution in [0.25, 0.3) is 32.9 Å². The minimum atomic E-state index is -0.337. The number of rotatable bonds is 8. The van der Waals surface area contributed by atoms with Crippen molar-refractivity contribution in [2.45, 2.75) is 88.0 Å². The first-order valence-corrected chi connectivity index (χ1v) is 14.6. The number of aromatic nitrogens is 2. The summed E-state index contributed by atoms with van der Waals surface area (Å²) >= 11 is 0. The number of aliphatic hydroxyl groups is 1. The number of nitrogens with zero attached hydrogens (tertiary/aromatic N) is 2. The Hall–Kier alpha value is -2.95. The monoisotopic (exact) mass is 748 g/mol. The zero-order valence-electron chi connectivity index (χ0n) is 26.4. The van der Waals surface area contributed by atoms with Gasteiger partial charge in [0.25, 0.3) is 0 Å². The van der Waals surface area contributed by atoms with Gasteiger partial charge in [-0.05, 0) is 80.1 Å². The zero-order chi connectivity index (χ0) is 30.5. The van der Waals surface area contributed by atoms with E-state index >= 15 is 0 Å². The van der Waals surface area contributed by atoms with Crippen LogP contribution in [0.1, 0.15) is 84.2 Å². The van der Waals surface area contributed by atoms with E-state index in [1.807, 2.05) is 97.9 Å². The third kappa shape index (κ3) is 7.15. The molecule has 0 fully saturated rings. The molecule has 4 aromatic rings. The Morgan fingerprint density at radius 2 is 1.57 bits per heavy atom. The molecule has 0 aliphatic rings. The number of carbonyl (C=O) groups is 1. The Morgan fingerprint density at radius 3 is 2.12 bits per heavy atom. The second-order valence-corrected chi connectivity index (χ2v) is 11.5. The molecule has 1 N–H and O–H groups in total. The number of hydrogen-bond acceptors (Lipinski definition) is 4. The first kappa shape index (κ1) is 35.2. The minimum absolute atomic E-state index is 0. The van der Waals surface area contributed by atoms with E-state index in [1.54, 1.807) is 6.92 Å². The fourth-order valence-corrected chi connectivity index (χ4v) is 4.97. The third-order valence-corrected chi connectivity index (χ3v) is 9.00. The van der Waals surface area contributed by atoms with Gasteiger partial charge in [0, 0.05) is 42.4 Å². The van der Waals surface area contributed by atoms with Gasteiger partial charge in [-0.25, -0.2) is 9.37 Å². The van der Waals surface area contributed by atoms with Crippen LogP contribution in [0.5, 0.6) is 0 Å². The second kappa shape index (κ2) is 14.5. The number of fused-ring (bicyclic) bond motifs is 3. The van der Waals surface area contributed by atoms with Crippen LogP contribution in [0.4, 0.5) is 4.39 Å². The number of allylic oxidation sites excluding steroid dienone is 2. The largest absolute Gasteiger partial charge is 0.512 e. The molecule has 1 aromatic heterocycles. The van der Waals surface area contributed by atoms with E-state index < -0.39 is 0 Å². The topological polar surface area (TPSA) is 63.1 Å². The standard InChI is InChI=1S/C21H16FN2.C15H28O2.Ir/c1-12-11-16-9-10-17-20(15-7-5-4-6-8-15)23-14(3)24-21(17)18(16)13(2)19(12)22;1-7-14(5,8-2)12(16)11-13(17)15(6,9-3)10-4;/h4-7,9-11H,1-3H3;11,16H,7-10H2,1-6H3;/q-1;;/b;12-11-;. The summed E-state index contributed by atoms with van der Waals surface area (Å²) in [6.07, 6.45) is 4.75. The van der Waals surface area contributed by atoms with Crippen LogP contribution >= 0.6 is 0 Å². The van der Waals surface area contributed by atoms with Crippen molar-refractivity contribution in [3.63, 3.8) is 0 Å². The van der Waals surface area contributed by atoms with E-state index in [2.05, 4.69) is 16.0 Å². The molecule has 0 aliphatic heterocycles. The maximum absolute atomic E-state index is 14.5. The van der Waals surface area contributed by atoms with Gasteiger partial charge < -0.3 is 5.11 Å². The van der Waals surface area contributed by atoms with E-state index in [0.717, 1.165) is 58.6 Å². The van der Waals surface area contributed by atoms with Crippen LogP contribution in [0.15, 0.2) is 54.3 Å². The van der Waals surface area contributed by atoms with Crippen LogP contribution in [0.2, 0.25) is 0 Å². The zero-order valence-corrected chi connectivity index (χ0v) is 28.8. The first-order chi connectivity index (χ1) is 19.3. The Balaban J connectivity index is 0.000000307. The molecule has 1 radical (unpaired) electrons. The molecule has 0 bridgehead atoms. The number of aliphatic hydroxyl groups excluding tert-OH is 1. The predicted octanol–water partition coefficient (Wildman–Crippen LogP) is 9.96. The number of benzene rings is 3. The van der Waals surface area contributed by atoms with Gasteiger partial charge in [0.1, 0.15) is 17.4 Å². The summed E-state index contributed by atoms with van der Waals surface area (Å²) < 4.78 is 14.5. The van der Waals surface area contributed by atoms with E-state index in [-0.39, 0.29) is 48.3 Å². The van der Waals surface area contributed by atoms with Gasteiger partial charge >= 0.3 is 0 Å². The number of carbonyl (C=O) groups excluding carboxylic acids is 1. The average molecular weight is 748 g/mol. The molecular formula is C36H44FIrN2O2-. The summed E-state index contributed by atoms with van der Waals surface area (Å²) in [5, 5.41) is 12.9. The van der Waals surface area contributed by atoms with Crippen LogP contribution in [-0.4, -0.2) is 20.9 Å². The maximum atomic E-state index is 14.5. The fraction of sp³-hybridized carbons (Fsp3) is 0.417. The maximum Gasteiger partial charge on any atom is 0.164 e. The second-order valence-electron chi connectivity index (χ2n) is 11.5. The van der Waals surface area contributed by atoms with Crippen molar-refractivity contribution in [3.05, 3.63) is 83.1 Å². The van der Waals surface area contributed by atoms with Crippen molar-refractivity contribution < 1.29 is 34.4 Å². The molecule has 0 atom stereocenters. The van der Waals surface area contributed by atoms with E-state index in [4.69, 9.17) is 0 Å². The van der Waals surface area contributed by atoms with Gasteiger partial charge in [0.2, 0.25) is 0 Å². The Morgan fingerprint density at radius 1 is 0.952 bits per heavy atom. The number of hydrogen-bond donors (Lipinski definition) is 1. The van der Waals surface area contributed by atoms with Gasteiger partial charge in [0.15, 0.2) is 5.78 Å². The fourth-order valence-electron chi connectivity index (χ4n) is 4.97. The SMILES string of the molecule is CCC(C)(CC)C(=O)/C=C(\O)C(C)(CC)CC.Cc1nc(-c2[c-]cccc2)c2ccc3cc(C)c(F)c(C)c3c2n1.[Ir]. The molecule has 0 unspecified atom stereocenters. The van der Waals surface area contributed by atoms with Crippen molar-refractivity contribution in [1.82, 2.24) is 9.97 Å². The summed E-state index contributed by atoms with van der Waals surface area (Å²) in [5.41, 5.74) is 3.23. The van der Waals surface area contributed by atoms with Crippen LogP contribution < -0.4 is 0 Å². The first-order valence-electron chi connectivity index (χ1n) is 14.6.